The van der Waals surface area contributed by atoms with Gasteiger partial charge in [0.2, 0.25) is 0 Å². The van der Waals surface area contributed by atoms with Crippen LogP contribution in [0.3, 0.4) is 0 Å². The minimum absolute atomic E-state index is 0.0437. The van der Waals surface area contributed by atoms with Crippen LogP contribution in [0.4, 0.5) is 5.82 Å². The summed E-state index contributed by atoms with van der Waals surface area (Å²) >= 11 is 0. The van der Waals surface area contributed by atoms with Crippen LogP contribution in [0.15, 0.2) is 55.1 Å². The molecule has 5 rings (SSSR count). The Kier molecular flexibility index (Phi) is 5.50. The minimum atomic E-state index is 0.0437. The van der Waals surface area contributed by atoms with Gasteiger partial charge in [0.15, 0.2) is 11.6 Å². The molecule has 5 aromatic rings. The van der Waals surface area contributed by atoms with Gasteiger partial charge in [-0.05, 0) is 37.5 Å². The minimum Gasteiger partial charge on any atom is -0.361 e. The van der Waals surface area contributed by atoms with Gasteiger partial charge in [-0.15, -0.1) is 0 Å². The van der Waals surface area contributed by atoms with Gasteiger partial charge in [0.25, 0.3) is 0 Å². The van der Waals surface area contributed by atoms with Gasteiger partial charge < -0.3 is 5.32 Å². The van der Waals surface area contributed by atoms with Crippen molar-refractivity contribution in [2.24, 2.45) is 7.05 Å². The summed E-state index contributed by atoms with van der Waals surface area (Å²) in [7, 11) is 1.89. The average molecular weight is 441 g/mol. The third kappa shape index (κ3) is 3.92. The van der Waals surface area contributed by atoms with Gasteiger partial charge in [-0.3, -0.25) is 14.3 Å². The normalized spacial score (nSPS) is 13.5. The highest BCUT2D eigenvalue weighted by Crippen LogP contribution is 2.31. The number of benzene rings is 1. The van der Waals surface area contributed by atoms with Crippen molar-refractivity contribution in [2.75, 3.05) is 5.32 Å². The van der Waals surface area contributed by atoms with Crippen LogP contribution in [0.25, 0.3) is 33.3 Å². The number of nitrogens with one attached hydrogen (secondary N) is 1. The maximum Gasteiger partial charge on any atom is 0.165 e. The van der Waals surface area contributed by atoms with Crippen molar-refractivity contribution in [2.45, 2.75) is 45.7 Å². The number of aromatic nitrogens is 7. The quantitative estimate of drug-likeness (QED) is 0.369. The molecule has 0 radical (unpaired) electrons. The Morgan fingerprint density at radius 1 is 0.970 bits per heavy atom. The fraction of sp³-hybridized carbons (Fsp3) is 0.320. The van der Waals surface area contributed by atoms with E-state index < -0.39 is 0 Å². The van der Waals surface area contributed by atoms with Gasteiger partial charge in [0.05, 0.1) is 29.5 Å². The highest BCUT2D eigenvalue weighted by Gasteiger charge is 2.20. The summed E-state index contributed by atoms with van der Waals surface area (Å²) in [6, 6.07) is 10.7. The van der Waals surface area contributed by atoms with Crippen LogP contribution in [0.2, 0.25) is 0 Å². The van der Waals surface area contributed by atoms with E-state index in [-0.39, 0.29) is 12.1 Å². The molecule has 0 amide bonds. The highest BCUT2D eigenvalue weighted by atomic mass is 15.3. The SMILES string of the molecule is CCC(C)n1ncc2nc(-c3cnn(C)c3)nc(N[C@H](CC)c3cnc4ccccc4c3)c21. The molecule has 4 heterocycles. The van der Waals surface area contributed by atoms with Crippen LogP contribution >= 0.6 is 0 Å². The predicted molar refractivity (Wildman–Crippen MR) is 131 cm³/mol. The largest absolute Gasteiger partial charge is 0.361 e. The lowest BCUT2D eigenvalue weighted by Crippen LogP contribution is -2.14. The Morgan fingerprint density at radius 3 is 2.58 bits per heavy atom. The first-order valence-corrected chi connectivity index (χ1v) is 11.4. The van der Waals surface area contributed by atoms with Crippen LogP contribution in [-0.2, 0) is 7.05 Å². The van der Waals surface area contributed by atoms with Crippen molar-refractivity contribution in [1.29, 1.82) is 0 Å². The molecule has 0 aliphatic carbocycles. The molecule has 0 saturated heterocycles. The number of aryl methyl sites for hydroxylation is 1. The molecule has 168 valence electrons. The third-order valence-electron chi connectivity index (χ3n) is 6.15. The van der Waals surface area contributed by atoms with Gasteiger partial charge in [-0.1, -0.05) is 32.0 Å². The van der Waals surface area contributed by atoms with Crippen LogP contribution in [-0.4, -0.2) is 34.5 Å². The highest BCUT2D eigenvalue weighted by molar-refractivity contribution is 5.87. The zero-order valence-electron chi connectivity index (χ0n) is 19.4. The molecule has 0 spiro atoms. The van der Waals surface area contributed by atoms with E-state index in [9.17, 15) is 0 Å². The van der Waals surface area contributed by atoms with Crippen molar-refractivity contribution < 1.29 is 0 Å². The monoisotopic (exact) mass is 440 g/mol. The van der Waals surface area contributed by atoms with E-state index >= 15 is 0 Å². The summed E-state index contributed by atoms with van der Waals surface area (Å²) in [5, 5.41) is 13.8. The average Bonchev–Trinajstić information content (AvgIpc) is 3.48. The van der Waals surface area contributed by atoms with Crippen LogP contribution in [0.1, 0.15) is 51.3 Å². The summed E-state index contributed by atoms with van der Waals surface area (Å²) in [6.45, 7) is 6.49. The third-order valence-corrected chi connectivity index (χ3v) is 6.15. The van der Waals surface area contributed by atoms with E-state index in [1.54, 1.807) is 10.9 Å². The Labute approximate surface area is 192 Å². The molecule has 0 aliphatic heterocycles. The van der Waals surface area contributed by atoms with E-state index in [1.807, 2.05) is 48.5 Å². The lowest BCUT2D eigenvalue weighted by molar-refractivity contribution is 0.493. The van der Waals surface area contributed by atoms with Crippen molar-refractivity contribution in [1.82, 2.24) is 34.5 Å². The van der Waals surface area contributed by atoms with Gasteiger partial charge in [-0.25, -0.2) is 9.97 Å². The van der Waals surface area contributed by atoms with Crippen molar-refractivity contribution in [3.63, 3.8) is 0 Å². The first kappa shape index (κ1) is 21.1. The van der Waals surface area contributed by atoms with Gasteiger partial charge in [0, 0.05) is 30.9 Å². The molecule has 2 atom stereocenters. The zero-order valence-corrected chi connectivity index (χ0v) is 19.4. The van der Waals surface area contributed by atoms with Crippen molar-refractivity contribution >= 4 is 27.8 Å². The molecule has 1 unspecified atom stereocenters. The number of fused-ring (bicyclic) bond motifs is 2. The second kappa shape index (κ2) is 8.61. The fourth-order valence-electron chi connectivity index (χ4n) is 4.10. The number of nitrogens with zero attached hydrogens (tertiary/aromatic N) is 7. The number of hydrogen-bond acceptors (Lipinski definition) is 6. The molecule has 33 heavy (non-hydrogen) atoms. The summed E-state index contributed by atoms with van der Waals surface area (Å²) in [4.78, 5) is 14.4. The van der Waals surface area contributed by atoms with Gasteiger partial charge in [0.1, 0.15) is 11.0 Å². The second-order valence-electron chi connectivity index (χ2n) is 8.45. The first-order valence-electron chi connectivity index (χ1n) is 11.4. The topological polar surface area (TPSA) is 86.3 Å². The number of anilines is 1. The number of hydrogen-bond donors (Lipinski definition) is 1. The van der Waals surface area contributed by atoms with Crippen molar-refractivity contribution in [3.05, 3.63) is 60.7 Å². The van der Waals surface area contributed by atoms with E-state index in [1.165, 1.54) is 0 Å². The summed E-state index contributed by atoms with van der Waals surface area (Å²) in [5.74, 6) is 1.41. The van der Waals surface area contributed by atoms with Gasteiger partial charge >= 0.3 is 0 Å². The Bertz CT molecular complexity index is 1420. The summed E-state index contributed by atoms with van der Waals surface area (Å²) in [6.07, 6.45) is 9.34. The molecule has 0 aliphatic rings. The predicted octanol–water partition coefficient (Wildman–Crippen LogP) is 5.31. The van der Waals surface area contributed by atoms with E-state index in [4.69, 9.17) is 9.97 Å². The first-order chi connectivity index (χ1) is 16.1. The smallest absolute Gasteiger partial charge is 0.165 e. The molecule has 1 N–H and O–H groups in total. The molecule has 1 aromatic carbocycles. The Hall–Kier alpha value is -3.81. The standard InChI is InChI=1S/C25H28N8/c1-5-16(3)33-23-22(14-28-33)30-24(19-13-27-32(4)15-19)31-25(23)29-20(6-2)18-11-17-9-7-8-10-21(17)26-12-18/h7-16,20H,5-6H2,1-4H3,(H,29,30,31)/t16?,20-/m1/s1. The van der Waals surface area contributed by atoms with E-state index in [2.05, 4.69) is 53.4 Å². The maximum atomic E-state index is 4.95. The number of pyridine rings is 1. The summed E-state index contributed by atoms with van der Waals surface area (Å²) < 4.78 is 3.78. The van der Waals surface area contributed by atoms with Crippen LogP contribution in [0, 0.1) is 0 Å². The van der Waals surface area contributed by atoms with Crippen LogP contribution in [0.5, 0.6) is 0 Å². The van der Waals surface area contributed by atoms with Crippen LogP contribution < -0.4 is 5.32 Å². The number of rotatable bonds is 7. The molecule has 0 bridgehead atoms. The molecular formula is C25H28N8. The molecular weight excluding hydrogens is 412 g/mol. The van der Waals surface area contributed by atoms with E-state index in [0.29, 0.717) is 5.82 Å². The second-order valence-corrected chi connectivity index (χ2v) is 8.45. The fourth-order valence-corrected chi connectivity index (χ4v) is 4.10. The molecule has 8 nitrogen and oxygen atoms in total. The Balaban J connectivity index is 1.62. The Morgan fingerprint density at radius 2 is 1.82 bits per heavy atom. The zero-order chi connectivity index (χ0) is 22.9. The van der Waals surface area contributed by atoms with Crippen molar-refractivity contribution in [3.8, 4) is 11.4 Å². The summed E-state index contributed by atoms with van der Waals surface area (Å²) in [5.41, 5.74) is 4.73. The maximum absolute atomic E-state index is 4.95. The molecule has 8 heteroatoms. The lowest BCUT2D eigenvalue weighted by atomic mass is 10.0. The van der Waals surface area contributed by atoms with Gasteiger partial charge in [-0.2, -0.15) is 10.2 Å². The molecule has 0 fully saturated rings. The number of para-hydroxylation sites is 1. The molecule has 4 aromatic heterocycles. The lowest BCUT2D eigenvalue weighted by Gasteiger charge is -2.20. The van der Waals surface area contributed by atoms with E-state index in [0.717, 1.165) is 51.7 Å². The molecule has 0 saturated carbocycles.